The van der Waals surface area contributed by atoms with Crippen LogP contribution in [0.2, 0.25) is 0 Å². The molecule has 2 rings (SSSR count). The number of guanidine groups is 1. The van der Waals surface area contributed by atoms with Crippen LogP contribution < -0.4 is 15.4 Å². The normalized spacial score (nSPS) is 12.1. The molecule has 28 heavy (non-hydrogen) atoms. The fourth-order valence-electron chi connectivity index (χ4n) is 2.62. The van der Waals surface area contributed by atoms with Gasteiger partial charge in [-0.3, -0.25) is 0 Å². The first-order valence-corrected chi connectivity index (χ1v) is 9.02. The van der Waals surface area contributed by atoms with Gasteiger partial charge >= 0.3 is 6.18 Å². The highest BCUT2D eigenvalue weighted by Gasteiger charge is 2.33. The van der Waals surface area contributed by atoms with Crippen LogP contribution in [0, 0.1) is 0 Å². The quantitative estimate of drug-likeness (QED) is 0.528. The van der Waals surface area contributed by atoms with Crippen LogP contribution in [0.3, 0.4) is 0 Å². The van der Waals surface area contributed by atoms with E-state index in [1.54, 1.807) is 6.33 Å². The van der Waals surface area contributed by atoms with E-state index in [-0.39, 0.29) is 17.9 Å². The third-order valence-electron chi connectivity index (χ3n) is 4.03. The molecule has 0 saturated carbocycles. The Balaban J connectivity index is 2.07. The summed E-state index contributed by atoms with van der Waals surface area (Å²) in [6.45, 7) is 5.52. The van der Waals surface area contributed by atoms with Crippen molar-refractivity contribution in [2.45, 2.75) is 39.5 Å². The fourth-order valence-corrected chi connectivity index (χ4v) is 2.62. The van der Waals surface area contributed by atoms with Gasteiger partial charge in [-0.25, -0.2) is 4.99 Å². The molecule has 0 fully saturated rings. The van der Waals surface area contributed by atoms with E-state index in [0.717, 1.165) is 18.3 Å². The maximum atomic E-state index is 13.3. The summed E-state index contributed by atoms with van der Waals surface area (Å²) < 4.78 is 46.8. The van der Waals surface area contributed by atoms with Gasteiger partial charge in [0.15, 0.2) is 5.96 Å². The average Bonchev–Trinajstić information content (AvgIpc) is 3.12. The molecular formula is C18H25F3N6O. The molecule has 1 heterocycles. The highest BCUT2D eigenvalue weighted by atomic mass is 19.4. The fraction of sp³-hybridized carbons (Fsp3) is 0.500. The van der Waals surface area contributed by atoms with E-state index >= 15 is 0 Å². The monoisotopic (exact) mass is 398 g/mol. The number of aliphatic imine (C=N–C) groups is 1. The van der Waals surface area contributed by atoms with E-state index < -0.39 is 11.7 Å². The molecule has 0 spiro atoms. The zero-order valence-corrected chi connectivity index (χ0v) is 16.2. The van der Waals surface area contributed by atoms with E-state index in [4.69, 9.17) is 4.74 Å². The highest BCUT2D eigenvalue weighted by Crippen LogP contribution is 2.34. The second-order valence-corrected chi connectivity index (χ2v) is 5.94. The van der Waals surface area contributed by atoms with E-state index in [0.29, 0.717) is 25.6 Å². The van der Waals surface area contributed by atoms with Crippen molar-refractivity contribution < 1.29 is 17.9 Å². The number of rotatable bonds is 8. The molecule has 1 aromatic heterocycles. The van der Waals surface area contributed by atoms with Crippen LogP contribution in [0.1, 0.15) is 30.8 Å². The highest BCUT2D eigenvalue weighted by molar-refractivity contribution is 5.79. The van der Waals surface area contributed by atoms with Gasteiger partial charge in [0, 0.05) is 26.1 Å². The van der Waals surface area contributed by atoms with Crippen LogP contribution >= 0.6 is 0 Å². The Bertz CT molecular complexity index is 788. The van der Waals surface area contributed by atoms with Crippen LogP contribution in [0.25, 0.3) is 0 Å². The summed E-state index contributed by atoms with van der Waals surface area (Å²) in [6.07, 6.45) is -2.06. The summed E-state index contributed by atoms with van der Waals surface area (Å²) in [5.41, 5.74) is -0.666. The SMILES string of the molecule is CCNC(=NCc1ccc(OC)cc1C(F)(F)F)NCCn1cnnc1CC. The second-order valence-electron chi connectivity index (χ2n) is 5.94. The standard InChI is InChI=1S/C18H25F3N6O/c1-4-16-26-25-12-27(16)9-8-23-17(22-5-2)24-11-13-6-7-14(28-3)10-15(13)18(19,20)21/h6-7,10,12H,4-5,8-9,11H2,1-3H3,(H2,22,23,24). The predicted octanol–water partition coefficient (Wildman–Crippen LogP) is 2.62. The van der Waals surface area contributed by atoms with Crippen molar-refractivity contribution in [2.24, 2.45) is 4.99 Å². The molecule has 0 aliphatic heterocycles. The summed E-state index contributed by atoms with van der Waals surface area (Å²) in [6, 6.07) is 3.88. The Morgan fingerprint density at radius 1 is 1.25 bits per heavy atom. The zero-order chi connectivity index (χ0) is 20.6. The summed E-state index contributed by atoms with van der Waals surface area (Å²) in [5.74, 6) is 1.47. The van der Waals surface area contributed by atoms with Gasteiger partial charge in [-0.15, -0.1) is 10.2 Å². The Morgan fingerprint density at radius 2 is 2.04 bits per heavy atom. The number of halogens is 3. The lowest BCUT2D eigenvalue weighted by Gasteiger charge is -2.15. The van der Waals surface area contributed by atoms with Gasteiger partial charge in [0.1, 0.15) is 17.9 Å². The molecule has 0 radical (unpaired) electrons. The molecule has 0 unspecified atom stereocenters. The lowest BCUT2D eigenvalue weighted by atomic mass is 10.1. The lowest BCUT2D eigenvalue weighted by molar-refractivity contribution is -0.138. The molecule has 0 bridgehead atoms. The van der Waals surface area contributed by atoms with Crippen LogP contribution in [0.4, 0.5) is 13.2 Å². The predicted molar refractivity (Wildman–Crippen MR) is 100 cm³/mol. The van der Waals surface area contributed by atoms with Crippen LogP contribution in [0.15, 0.2) is 29.5 Å². The maximum Gasteiger partial charge on any atom is 0.416 e. The minimum absolute atomic E-state index is 0.0811. The second kappa shape index (κ2) is 9.95. The largest absolute Gasteiger partial charge is 0.497 e. The van der Waals surface area contributed by atoms with Crippen molar-refractivity contribution in [3.63, 3.8) is 0 Å². The summed E-state index contributed by atoms with van der Waals surface area (Å²) >= 11 is 0. The average molecular weight is 398 g/mol. The number of nitrogens with zero attached hydrogens (tertiary/aromatic N) is 4. The topological polar surface area (TPSA) is 76.4 Å². The van der Waals surface area contributed by atoms with Crippen LogP contribution in [-0.2, 0) is 25.7 Å². The number of hydrogen-bond donors (Lipinski definition) is 2. The van der Waals surface area contributed by atoms with Gasteiger partial charge < -0.3 is 19.9 Å². The minimum atomic E-state index is -4.48. The number of hydrogen-bond acceptors (Lipinski definition) is 4. The molecule has 0 saturated heterocycles. The van der Waals surface area contributed by atoms with Crippen molar-refractivity contribution >= 4 is 5.96 Å². The molecule has 154 valence electrons. The van der Waals surface area contributed by atoms with Gasteiger partial charge in [-0.05, 0) is 24.6 Å². The zero-order valence-electron chi connectivity index (χ0n) is 16.2. The summed E-state index contributed by atoms with van der Waals surface area (Å²) in [5, 5.41) is 14.0. The smallest absolute Gasteiger partial charge is 0.416 e. The Kier molecular flexibility index (Phi) is 7.65. The van der Waals surface area contributed by atoms with E-state index in [1.165, 1.54) is 19.2 Å². The van der Waals surface area contributed by atoms with E-state index in [2.05, 4.69) is 25.8 Å². The molecule has 0 aliphatic rings. The van der Waals surface area contributed by atoms with Crippen LogP contribution in [0.5, 0.6) is 5.75 Å². The number of methoxy groups -OCH3 is 1. The van der Waals surface area contributed by atoms with Crippen molar-refractivity contribution in [1.29, 1.82) is 0 Å². The van der Waals surface area contributed by atoms with E-state index in [9.17, 15) is 13.2 Å². The summed E-state index contributed by atoms with van der Waals surface area (Å²) in [7, 11) is 1.33. The molecule has 10 heteroatoms. The molecule has 7 nitrogen and oxygen atoms in total. The number of aromatic nitrogens is 3. The first kappa shape index (κ1) is 21.5. The number of ether oxygens (including phenoxy) is 1. The molecule has 0 aliphatic carbocycles. The van der Waals surface area contributed by atoms with Gasteiger partial charge in [-0.1, -0.05) is 13.0 Å². The number of nitrogens with one attached hydrogen (secondary N) is 2. The van der Waals surface area contributed by atoms with Gasteiger partial charge in [0.2, 0.25) is 0 Å². The molecule has 2 aromatic rings. The van der Waals surface area contributed by atoms with Gasteiger partial charge in [-0.2, -0.15) is 13.2 Å². The Morgan fingerprint density at radius 3 is 2.68 bits per heavy atom. The first-order chi connectivity index (χ1) is 13.4. The lowest BCUT2D eigenvalue weighted by Crippen LogP contribution is -2.39. The Hall–Kier alpha value is -2.78. The van der Waals surface area contributed by atoms with Crippen molar-refractivity contribution in [1.82, 2.24) is 25.4 Å². The van der Waals surface area contributed by atoms with Crippen molar-refractivity contribution in [3.05, 3.63) is 41.5 Å². The van der Waals surface area contributed by atoms with Crippen molar-refractivity contribution in [3.8, 4) is 5.75 Å². The number of alkyl halides is 3. The molecule has 0 amide bonds. The third-order valence-corrected chi connectivity index (χ3v) is 4.03. The summed E-state index contributed by atoms with van der Waals surface area (Å²) in [4.78, 5) is 4.29. The maximum absolute atomic E-state index is 13.3. The van der Waals surface area contributed by atoms with Crippen LogP contribution in [-0.4, -0.2) is 40.9 Å². The van der Waals surface area contributed by atoms with Gasteiger partial charge in [0.05, 0.1) is 19.2 Å². The third kappa shape index (κ3) is 5.86. The molecule has 1 aromatic carbocycles. The molecule has 2 N–H and O–H groups in total. The molecular weight excluding hydrogens is 373 g/mol. The molecule has 0 atom stereocenters. The Labute approximate surface area is 162 Å². The number of benzene rings is 1. The number of aryl methyl sites for hydroxylation is 1. The first-order valence-electron chi connectivity index (χ1n) is 9.02. The van der Waals surface area contributed by atoms with E-state index in [1.807, 2.05) is 18.4 Å². The van der Waals surface area contributed by atoms with Crippen molar-refractivity contribution in [2.75, 3.05) is 20.2 Å². The minimum Gasteiger partial charge on any atom is -0.497 e. The van der Waals surface area contributed by atoms with Gasteiger partial charge in [0.25, 0.3) is 0 Å².